The fourth-order valence-corrected chi connectivity index (χ4v) is 7.01. The summed E-state index contributed by atoms with van der Waals surface area (Å²) < 4.78 is 0. The molecule has 5 atom stereocenters. The van der Waals surface area contributed by atoms with Crippen LogP contribution in [0.2, 0.25) is 0 Å². The van der Waals surface area contributed by atoms with E-state index in [1.54, 1.807) is 12.1 Å². The van der Waals surface area contributed by atoms with Crippen LogP contribution in [-0.4, -0.2) is 101 Å². The molecule has 0 saturated carbocycles. The number of hydrogen-bond acceptors (Lipinski definition) is 8. The highest BCUT2D eigenvalue weighted by Gasteiger charge is 2.40. The van der Waals surface area contributed by atoms with Gasteiger partial charge in [-0.1, -0.05) is 54.6 Å². The summed E-state index contributed by atoms with van der Waals surface area (Å²) >= 11 is 0. The van der Waals surface area contributed by atoms with Crippen molar-refractivity contribution in [2.75, 3.05) is 19.6 Å². The minimum Gasteiger partial charge on any atom is -0.508 e. The molecule has 2 fully saturated rings. The predicted molar refractivity (Wildman–Crippen MR) is 212 cm³/mol. The summed E-state index contributed by atoms with van der Waals surface area (Å²) in [5.74, 6) is -3.23. The predicted octanol–water partition coefficient (Wildman–Crippen LogP) is -0.618. The zero-order valence-electron chi connectivity index (χ0n) is 31.2. The molecule has 5 rings (SSSR count). The van der Waals surface area contributed by atoms with Gasteiger partial charge in [0.2, 0.25) is 29.5 Å². The first-order chi connectivity index (χ1) is 26.9. The Morgan fingerprint density at radius 3 is 1.77 bits per heavy atom. The van der Waals surface area contributed by atoms with Crippen molar-refractivity contribution in [2.45, 2.75) is 81.6 Å². The van der Waals surface area contributed by atoms with Crippen LogP contribution in [0.4, 0.5) is 0 Å². The number of phenolic OH excluding ortho intramolecular Hbond substituents is 1. The Hall–Kier alpha value is -6.39. The number of amides is 5. The second-order valence-corrected chi connectivity index (χ2v) is 14.1. The molecule has 0 aromatic heterocycles. The highest BCUT2D eigenvalue weighted by Crippen LogP contribution is 2.22. The van der Waals surface area contributed by atoms with Crippen molar-refractivity contribution in [3.63, 3.8) is 0 Å². The van der Waals surface area contributed by atoms with Gasteiger partial charge in [-0.05, 0) is 72.6 Å². The van der Waals surface area contributed by atoms with Crippen LogP contribution >= 0.6 is 0 Å². The van der Waals surface area contributed by atoms with E-state index in [0.29, 0.717) is 24.8 Å². The topological polar surface area (TPSA) is 286 Å². The quantitative estimate of drug-likeness (QED) is 0.0640. The lowest BCUT2D eigenvalue weighted by Crippen LogP contribution is -2.58. The molecule has 2 saturated heterocycles. The first-order valence-corrected chi connectivity index (χ1v) is 18.8. The highest BCUT2D eigenvalue weighted by atomic mass is 16.3. The van der Waals surface area contributed by atoms with Gasteiger partial charge in [-0.25, -0.2) is 0 Å². The van der Waals surface area contributed by atoms with Gasteiger partial charge in [-0.15, -0.1) is 0 Å². The number of nitrogens with one attached hydrogen (secondary N) is 4. The van der Waals surface area contributed by atoms with Crippen LogP contribution in [0.1, 0.15) is 49.7 Å². The van der Waals surface area contributed by atoms with Crippen molar-refractivity contribution in [3.8, 4) is 5.75 Å². The molecule has 0 spiro atoms. The molecule has 17 heteroatoms. The summed E-state index contributed by atoms with van der Waals surface area (Å²) in [6.45, 7) is 0.577. The number of guanidine groups is 2. The maximum Gasteiger partial charge on any atom is 0.246 e. The number of fused-ring (bicyclic) bond motifs is 2. The minimum atomic E-state index is -1.17. The molecule has 0 radical (unpaired) electrons. The number of nitrogens with two attached hydrogens (primary N) is 4. The number of aromatic hydroxyl groups is 1. The van der Waals surface area contributed by atoms with Gasteiger partial charge in [0, 0.05) is 32.5 Å². The van der Waals surface area contributed by atoms with E-state index in [2.05, 4.69) is 31.3 Å². The molecule has 3 aromatic rings. The molecule has 5 amide bonds. The Balaban J connectivity index is 1.52. The fourth-order valence-electron chi connectivity index (χ4n) is 7.01. The average Bonchev–Trinajstić information content (AvgIpc) is 3.67. The van der Waals surface area contributed by atoms with Gasteiger partial charge in [-0.3, -0.25) is 34.0 Å². The molecule has 2 heterocycles. The molecule has 13 N–H and O–H groups in total. The Kier molecular flexibility index (Phi) is 14.0. The first kappa shape index (κ1) is 40.8. The van der Waals surface area contributed by atoms with E-state index in [4.69, 9.17) is 22.9 Å². The van der Waals surface area contributed by atoms with E-state index >= 15 is 0 Å². The SMILES string of the molecule is NC(N)=NCCC[C@@H]1NC(=O)[C@H](Cc2ccc3ccccc3c2)NC(=O)[C@@H]2CCCN2C(=O)[C@@H](Cc2ccc(O)cc2)NC(=O)[C@@H](CCCN=C(N)N)NC1=O. The van der Waals surface area contributed by atoms with Gasteiger partial charge in [0.1, 0.15) is 36.0 Å². The van der Waals surface area contributed by atoms with Crippen molar-refractivity contribution in [1.82, 2.24) is 26.2 Å². The molecule has 2 aliphatic rings. The number of carbonyl (C=O) groups excluding carboxylic acids is 5. The normalized spacial score (nSPS) is 22.1. The van der Waals surface area contributed by atoms with Gasteiger partial charge in [-0.2, -0.15) is 0 Å². The van der Waals surface area contributed by atoms with Crippen molar-refractivity contribution >= 4 is 52.2 Å². The number of aliphatic imine (C=N–C) groups is 2. The van der Waals surface area contributed by atoms with Gasteiger partial charge >= 0.3 is 0 Å². The van der Waals surface area contributed by atoms with Crippen LogP contribution in [0.3, 0.4) is 0 Å². The number of nitrogens with zero attached hydrogens (tertiary/aromatic N) is 3. The van der Waals surface area contributed by atoms with E-state index in [-0.39, 0.29) is 69.4 Å². The molecule has 298 valence electrons. The molecule has 2 aliphatic heterocycles. The summed E-state index contributed by atoms with van der Waals surface area (Å²) in [6, 6.07) is 14.2. The smallest absolute Gasteiger partial charge is 0.246 e. The second-order valence-electron chi connectivity index (χ2n) is 14.1. The van der Waals surface area contributed by atoms with Gasteiger partial charge in [0.25, 0.3) is 0 Å². The van der Waals surface area contributed by atoms with E-state index in [9.17, 15) is 29.1 Å². The zero-order valence-corrected chi connectivity index (χ0v) is 31.2. The summed E-state index contributed by atoms with van der Waals surface area (Å²) in [5, 5.41) is 23.2. The van der Waals surface area contributed by atoms with Crippen molar-refractivity contribution < 1.29 is 29.1 Å². The molecule has 3 aromatic carbocycles. The number of rotatable bonds is 12. The van der Waals surface area contributed by atoms with E-state index < -0.39 is 59.7 Å². The number of benzene rings is 3. The molecule has 56 heavy (non-hydrogen) atoms. The van der Waals surface area contributed by atoms with Crippen LogP contribution in [0.25, 0.3) is 10.8 Å². The average molecular weight is 770 g/mol. The lowest BCUT2D eigenvalue weighted by Gasteiger charge is -2.30. The summed E-state index contributed by atoms with van der Waals surface area (Å²) in [7, 11) is 0. The molecular formula is C39H51N11O6. The summed E-state index contributed by atoms with van der Waals surface area (Å²) in [5.41, 5.74) is 23.4. The monoisotopic (exact) mass is 769 g/mol. The lowest BCUT2D eigenvalue weighted by molar-refractivity contribution is -0.142. The molecule has 17 nitrogen and oxygen atoms in total. The van der Waals surface area contributed by atoms with Crippen molar-refractivity contribution in [2.24, 2.45) is 32.9 Å². The number of carbonyl (C=O) groups is 5. The van der Waals surface area contributed by atoms with Gasteiger partial charge < -0.3 is 54.2 Å². The van der Waals surface area contributed by atoms with Crippen LogP contribution in [0.15, 0.2) is 76.7 Å². The van der Waals surface area contributed by atoms with E-state index in [1.165, 1.54) is 17.0 Å². The van der Waals surface area contributed by atoms with Crippen LogP contribution in [0, 0.1) is 0 Å². The number of phenols is 1. The van der Waals surface area contributed by atoms with Crippen molar-refractivity contribution in [3.05, 3.63) is 77.9 Å². The number of hydrogen-bond donors (Lipinski definition) is 9. The van der Waals surface area contributed by atoms with E-state index in [0.717, 1.165) is 16.3 Å². The highest BCUT2D eigenvalue weighted by molar-refractivity contribution is 5.98. The molecule has 0 aliphatic carbocycles. The standard InChI is InChI=1S/C39H51N11O6/c40-38(41)44-17-3-8-28-33(52)46-29(9-4-18-45-39(42)43)34(53)49-31(21-23-12-15-27(51)16-13-23)37(56)50-19-5-10-32(50)36(55)48-30(35(54)47-28)22-24-11-14-25-6-1-2-7-26(25)20-24/h1-2,6-7,11-16,20,28-32,51H,3-5,8-10,17-19,21-22H2,(H,46,52)(H,47,54)(H,48,55)(H,49,53)(H4,40,41,44)(H4,42,43,45)/t28-,29+,30-,31+,32-/m0/s1. The fraction of sp³-hybridized carbons (Fsp3) is 0.410. The van der Waals surface area contributed by atoms with Crippen LogP contribution < -0.4 is 44.2 Å². The zero-order chi connectivity index (χ0) is 40.2. The Labute approximate surface area is 324 Å². The van der Waals surface area contributed by atoms with Crippen LogP contribution in [0.5, 0.6) is 5.75 Å². The lowest BCUT2D eigenvalue weighted by atomic mass is 10.00. The summed E-state index contributed by atoms with van der Waals surface area (Å²) in [6.07, 6.45) is 1.72. The third-order valence-corrected chi connectivity index (χ3v) is 9.87. The van der Waals surface area contributed by atoms with Crippen LogP contribution in [-0.2, 0) is 36.8 Å². The second kappa shape index (κ2) is 19.3. The Morgan fingerprint density at radius 1 is 0.643 bits per heavy atom. The Morgan fingerprint density at radius 2 is 1.16 bits per heavy atom. The molecule has 0 bridgehead atoms. The third-order valence-electron chi connectivity index (χ3n) is 9.87. The molecule has 0 unspecified atom stereocenters. The summed E-state index contributed by atoms with van der Waals surface area (Å²) in [4.78, 5) is 80.3. The maximum absolute atomic E-state index is 14.4. The first-order valence-electron chi connectivity index (χ1n) is 18.8. The molecular weight excluding hydrogens is 718 g/mol. The van der Waals surface area contributed by atoms with Crippen molar-refractivity contribution in [1.29, 1.82) is 0 Å². The Bertz CT molecular complexity index is 1940. The van der Waals surface area contributed by atoms with Gasteiger partial charge in [0.05, 0.1) is 0 Å². The largest absolute Gasteiger partial charge is 0.508 e. The maximum atomic E-state index is 14.4. The minimum absolute atomic E-state index is 0.0280. The van der Waals surface area contributed by atoms with Gasteiger partial charge in [0.15, 0.2) is 11.9 Å². The van der Waals surface area contributed by atoms with E-state index in [1.807, 2.05) is 42.5 Å². The third kappa shape index (κ3) is 11.3.